The van der Waals surface area contributed by atoms with E-state index in [1.165, 1.54) is 0 Å². The Labute approximate surface area is 104 Å². The number of furan rings is 1. The number of carbonyl (C=O) groups is 1. The number of carbonyl (C=O) groups excluding carboxylic acids is 1. The van der Waals surface area contributed by atoms with E-state index in [0.717, 1.165) is 16.4 Å². The lowest BCUT2D eigenvalue weighted by Crippen LogP contribution is -1.99. The van der Waals surface area contributed by atoms with Crippen molar-refractivity contribution >= 4 is 17.5 Å². The van der Waals surface area contributed by atoms with Gasteiger partial charge in [-0.25, -0.2) is 0 Å². The summed E-state index contributed by atoms with van der Waals surface area (Å²) in [6.07, 6.45) is 3.89. The summed E-state index contributed by atoms with van der Waals surface area (Å²) in [6, 6.07) is 7.51. The van der Waals surface area contributed by atoms with Crippen LogP contribution in [0, 0.1) is 0 Å². The number of ketones is 1. The molecule has 0 saturated heterocycles. The molecule has 88 valence electrons. The molecule has 2 rings (SSSR count). The van der Waals surface area contributed by atoms with E-state index in [0.29, 0.717) is 12.1 Å². The molecule has 0 aliphatic rings. The highest BCUT2D eigenvalue weighted by Crippen LogP contribution is 2.22. The minimum atomic E-state index is 0.0765. The van der Waals surface area contributed by atoms with Gasteiger partial charge >= 0.3 is 0 Å². The third-order valence-corrected chi connectivity index (χ3v) is 3.31. The molecule has 0 saturated carbocycles. The van der Waals surface area contributed by atoms with Crippen LogP contribution in [0.4, 0.5) is 0 Å². The fraction of sp³-hybridized carbons (Fsp3) is 0.231. The van der Waals surface area contributed by atoms with E-state index >= 15 is 0 Å². The van der Waals surface area contributed by atoms with Crippen LogP contribution in [0.25, 0.3) is 0 Å². The predicted molar refractivity (Wildman–Crippen MR) is 67.1 cm³/mol. The molecule has 0 spiro atoms. The van der Waals surface area contributed by atoms with E-state index < -0.39 is 0 Å². The van der Waals surface area contributed by atoms with Crippen molar-refractivity contribution in [2.45, 2.75) is 24.0 Å². The fourth-order valence-electron chi connectivity index (χ4n) is 1.36. The highest BCUT2D eigenvalue weighted by molar-refractivity contribution is 7.98. The van der Waals surface area contributed by atoms with Crippen LogP contribution in [0.5, 0.6) is 0 Å². The summed E-state index contributed by atoms with van der Waals surface area (Å²) in [5.74, 6) is 1.78. The largest absolute Gasteiger partial charge is 0.468 e. The summed E-state index contributed by atoms with van der Waals surface area (Å²) in [6.45, 7) is 1.84. The van der Waals surface area contributed by atoms with E-state index in [1.54, 1.807) is 30.3 Å². The van der Waals surface area contributed by atoms with Crippen molar-refractivity contribution in [1.82, 2.24) is 4.98 Å². The van der Waals surface area contributed by atoms with Gasteiger partial charge in [-0.1, -0.05) is 6.92 Å². The van der Waals surface area contributed by atoms with Gasteiger partial charge in [-0.2, -0.15) is 0 Å². The van der Waals surface area contributed by atoms with Crippen molar-refractivity contribution in [2.24, 2.45) is 0 Å². The highest BCUT2D eigenvalue weighted by Gasteiger charge is 2.04. The van der Waals surface area contributed by atoms with Crippen molar-refractivity contribution in [3.05, 3.63) is 48.2 Å². The minimum absolute atomic E-state index is 0.0765. The lowest BCUT2D eigenvalue weighted by Gasteiger charge is -2.00. The van der Waals surface area contributed by atoms with Gasteiger partial charge in [0.25, 0.3) is 0 Å². The molecule has 0 N–H and O–H groups in total. The number of pyridine rings is 1. The number of rotatable bonds is 5. The van der Waals surface area contributed by atoms with Crippen LogP contribution in [0.3, 0.4) is 0 Å². The van der Waals surface area contributed by atoms with Crippen molar-refractivity contribution in [1.29, 1.82) is 0 Å². The SMILES string of the molecule is CCC(=O)c1ccc(SCc2ccco2)cn1. The molecule has 2 aromatic heterocycles. The van der Waals surface area contributed by atoms with Gasteiger partial charge in [-0.3, -0.25) is 9.78 Å². The molecule has 0 atom stereocenters. The van der Waals surface area contributed by atoms with Gasteiger partial charge in [0.05, 0.1) is 12.0 Å². The van der Waals surface area contributed by atoms with E-state index in [4.69, 9.17) is 4.42 Å². The van der Waals surface area contributed by atoms with Gasteiger partial charge < -0.3 is 4.42 Å². The first-order valence-electron chi connectivity index (χ1n) is 5.44. The molecule has 0 aliphatic carbocycles. The summed E-state index contributed by atoms with van der Waals surface area (Å²) in [5, 5.41) is 0. The van der Waals surface area contributed by atoms with E-state index in [-0.39, 0.29) is 5.78 Å². The van der Waals surface area contributed by atoms with E-state index in [1.807, 2.05) is 25.1 Å². The van der Waals surface area contributed by atoms with Gasteiger partial charge in [-0.15, -0.1) is 11.8 Å². The van der Waals surface area contributed by atoms with Crippen LogP contribution >= 0.6 is 11.8 Å². The predicted octanol–water partition coefficient (Wildman–Crippen LogP) is 3.56. The Bertz CT molecular complexity index is 477. The summed E-state index contributed by atoms with van der Waals surface area (Å²) < 4.78 is 5.24. The molecular weight excluding hydrogens is 234 g/mol. The van der Waals surface area contributed by atoms with E-state index in [2.05, 4.69) is 4.98 Å². The van der Waals surface area contributed by atoms with Crippen molar-refractivity contribution < 1.29 is 9.21 Å². The number of hydrogen-bond donors (Lipinski definition) is 0. The number of thioether (sulfide) groups is 1. The molecule has 2 heterocycles. The van der Waals surface area contributed by atoms with Crippen LogP contribution in [-0.4, -0.2) is 10.8 Å². The van der Waals surface area contributed by atoms with Crippen molar-refractivity contribution in [2.75, 3.05) is 0 Å². The molecular formula is C13H13NO2S. The summed E-state index contributed by atoms with van der Waals surface area (Å²) in [4.78, 5) is 16.6. The quantitative estimate of drug-likeness (QED) is 0.598. The molecule has 0 bridgehead atoms. The Morgan fingerprint density at radius 3 is 2.88 bits per heavy atom. The van der Waals surface area contributed by atoms with Crippen LogP contribution in [0.1, 0.15) is 29.6 Å². The molecule has 0 radical (unpaired) electrons. The summed E-state index contributed by atoms with van der Waals surface area (Å²) >= 11 is 1.64. The topological polar surface area (TPSA) is 43.1 Å². The van der Waals surface area contributed by atoms with Crippen LogP contribution in [-0.2, 0) is 5.75 Å². The lowest BCUT2D eigenvalue weighted by atomic mass is 10.2. The Hall–Kier alpha value is -1.55. The number of aromatic nitrogens is 1. The van der Waals surface area contributed by atoms with Gasteiger partial charge in [0.15, 0.2) is 5.78 Å². The molecule has 2 aromatic rings. The zero-order valence-electron chi connectivity index (χ0n) is 9.55. The van der Waals surface area contributed by atoms with Crippen molar-refractivity contribution in [3.63, 3.8) is 0 Å². The Kier molecular flexibility index (Phi) is 3.98. The first-order chi connectivity index (χ1) is 8.29. The molecule has 4 heteroatoms. The Morgan fingerprint density at radius 2 is 2.29 bits per heavy atom. The van der Waals surface area contributed by atoms with Crippen LogP contribution in [0.15, 0.2) is 46.0 Å². The zero-order valence-corrected chi connectivity index (χ0v) is 10.4. The lowest BCUT2D eigenvalue weighted by molar-refractivity contribution is 0.0983. The van der Waals surface area contributed by atoms with Gasteiger partial charge in [0.1, 0.15) is 11.5 Å². The van der Waals surface area contributed by atoms with Crippen molar-refractivity contribution in [3.8, 4) is 0 Å². The molecule has 0 amide bonds. The summed E-state index contributed by atoms with van der Waals surface area (Å²) in [5.41, 5.74) is 0.537. The Balaban J connectivity index is 1.96. The molecule has 3 nitrogen and oxygen atoms in total. The highest BCUT2D eigenvalue weighted by atomic mass is 32.2. The average Bonchev–Trinajstić information content (AvgIpc) is 2.89. The second-order valence-corrected chi connectivity index (χ2v) is 4.57. The fourth-order valence-corrected chi connectivity index (χ4v) is 2.13. The standard InChI is InChI=1S/C13H13NO2S/c1-2-13(15)12-6-5-11(8-14-12)17-9-10-4-3-7-16-10/h3-8H,2,9H2,1H3. The normalized spacial score (nSPS) is 10.4. The maximum atomic E-state index is 11.4. The van der Waals surface area contributed by atoms with E-state index in [9.17, 15) is 4.79 Å². The second-order valence-electron chi connectivity index (χ2n) is 3.52. The third kappa shape index (κ3) is 3.20. The smallest absolute Gasteiger partial charge is 0.180 e. The number of Topliss-reactive ketones (excluding diaryl/α,β-unsaturated/α-hetero) is 1. The first-order valence-corrected chi connectivity index (χ1v) is 6.42. The summed E-state index contributed by atoms with van der Waals surface area (Å²) in [7, 11) is 0. The average molecular weight is 247 g/mol. The van der Waals surface area contributed by atoms with Gasteiger partial charge in [0.2, 0.25) is 0 Å². The van der Waals surface area contributed by atoms with Crippen LogP contribution in [0.2, 0.25) is 0 Å². The molecule has 0 unspecified atom stereocenters. The zero-order chi connectivity index (χ0) is 12.1. The maximum absolute atomic E-state index is 11.4. The first kappa shape index (κ1) is 11.9. The molecule has 0 fully saturated rings. The second kappa shape index (κ2) is 5.68. The minimum Gasteiger partial charge on any atom is -0.468 e. The number of hydrogen-bond acceptors (Lipinski definition) is 4. The molecule has 17 heavy (non-hydrogen) atoms. The van der Waals surface area contributed by atoms with Gasteiger partial charge in [0, 0.05) is 17.5 Å². The molecule has 0 aromatic carbocycles. The molecule has 0 aliphatic heterocycles. The number of nitrogens with zero attached hydrogens (tertiary/aromatic N) is 1. The third-order valence-electron chi connectivity index (χ3n) is 2.30. The maximum Gasteiger partial charge on any atom is 0.180 e. The van der Waals surface area contributed by atoms with Gasteiger partial charge in [-0.05, 0) is 24.3 Å². The Morgan fingerprint density at radius 1 is 1.41 bits per heavy atom. The van der Waals surface area contributed by atoms with Crippen LogP contribution < -0.4 is 0 Å². The monoisotopic (exact) mass is 247 g/mol.